The minimum absolute atomic E-state index is 0.417. The molecule has 2 atom stereocenters. The Kier molecular flexibility index (Phi) is 8.86. The van der Waals surface area contributed by atoms with E-state index in [9.17, 15) is 0 Å². The smallest absolute Gasteiger partial charge is 0.0845 e. The molecule has 0 aliphatic heterocycles. The minimum Gasteiger partial charge on any atom is -0.288 e. The zero-order valence-electron chi connectivity index (χ0n) is 20.9. The quantitative estimate of drug-likeness (QED) is 0.422. The molecule has 1 heterocycles. The number of hydrogen-bond acceptors (Lipinski definition) is 3. The van der Waals surface area contributed by atoms with Gasteiger partial charge < -0.3 is 0 Å². The second-order valence-corrected chi connectivity index (χ2v) is 10.8. The number of aliphatic imine (C=N–C) groups is 2. The molecule has 0 bridgehead atoms. The summed E-state index contributed by atoms with van der Waals surface area (Å²) >= 11 is 0. The number of pyridine rings is 1. The predicted octanol–water partition coefficient (Wildman–Crippen LogP) is 7.38. The van der Waals surface area contributed by atoms with Crippen molar-refractivity contribution in [2.24, 2.45) is 39.6 Å². The summed E-state index contributed by atoms with van der Waals surface area (Å²) in [6, 6.07) is 6.76. The molecule has 3 heteroatoms. The lowest BCUT2D eigenvalue weighted by molar-refractivity contribution is 0.143. The summed E-state index contributed by atoms with van der Waals surface area (Å²) in [5.41, 5.74) is 4.18. The Morgan fingerprint density at radius 1 is 0.839 bits per heavy atom. The van der Waals surface area contributed by atoms with E-state index in [1.54, 1.807) is 0 Å². The largest absolute Gasteiger partial charge is 0.288 e. The normalized spacial score (nSPS) is 26.6. The third-order valence-electron chi connectivity index (χ3n) is 7.81. The van der Waals surface area contributed by atoms with Crippen LogP contribution in [0.2, 0.25) is 0 Å². The van der Waals surface area contributed by atoms with E-state index in [-0.39, 0.29) is 0 Å². The van der Waals surface area contributed by atoms with Gasteiger partial charge in [0.05, 0.1) is 28.9 Å². The van der Waals surface area contributed by atoms with Crippen LogP contribution in [0.4, 0.5) is 0 Å². The van der Waals surface area contributed by atoms with Crippen LogP contribution >= 0.6 is 0 Å². The third-order valence-corrected chi connectivity index (χ3v) is 7.81. The highest BCUT2D eigenvalue weighted by atomic mass is 14.9. The fourth-order valence-electron chi connectivity index (χ4n) is 5.74. The second kappa shape index (κ2) is 11.4. The Balaban J connectivity index is 1.78. The average molecular weight is 424 g/mol. The molecule has 0 radical (unpaired) electrons. The minimum atomic E-state index is 0.417. The summed E-state index contributed by atoms with van der Waals surface area (Å²) < 4.78 is 0. The Morgan fingerprint density at radius 3 is 2.00 bits per heavy atom. The summed E-state index contributed by atoms with van der Waals surface area (Å²) in [5, 5.41) is 0. The summed E-state index contributed by atoms with van der Waals surface area (Å²) in [6.45, 7) is 14.7. The van der Waals surface area contributed by atoms with Gasteiger partial charge in [0.15, 0.2) is 0 Å². The molecule has 2 fully saturated rings. The zero-order chi connectivity index (χ0) is 22.4. The van der Waals surface area contributed by atoms with Crippen LogP contribution < -0.4 is 0 Å². The molecule has 31 heavy (non-hydrogen) atoms. The topological polar surface area (TPSA) is 37.6 Å². The van der Waals surface area contributed by atoms with Crippen LogP contribution in [-0.4, -0.2) is 29.0 Å². The molecule has 0 N–H and O–H groups in total. The Bertz CT molecular complexity index is 739. The maximum absolute atomic E-state index is 5.35. The van der Waals surface area contributed by atoms with E-state index in [0.29, 0.717) is 29.7 Å². The van der Waals surface area contributed by atoms with Crippen molar-refractivity contribution in [1.82, 2.24) is 4.98 Å². The van der Waals surface area contributed by atoms with E-state index in [1.165, 1.54) is 51.4 Å². The highest BCUT2D eigenvalue weighted by Crippen LogP contribution is 2.39. The highest BCUT2D eigenvalue weighted by Gasteiger charge is 2.36. The van der Waals surface area contributed by atoms with Crippen molar-refractivity contribution in [3.63, 3.8) is 0 Å². The van der Waals surface area contributed by atoms with Crippen LogP contribution in [0.1, 0.15) is 104 Å². The van der Waals surface area contributed by atoms with Crippen molar-refractivity contribution in [3.8, 4) is 0 Å². The van der Waals surface area contributed by atoms with Gasteiger partial charge in [-0.2, -0.15) is 0 Å². The van der Waals surface area contributed by atoms with Crippen LogP contribution in [0.25, 0.3) is 0 Å². The standard InChI is InChI=1S/C28H45N3/c1-19(2)24-14-10-15-25(20(3)4)28(24)30-22(6)27-17-11-16-26(31-27)21(5)29-18-23-12-8-7-9-13-23/h11,16-17,19-20,23-25,28H,7-10,12-15,18H2,1-6H3/b29-21+,30-22+. The van der Waals surface area contributed by atoms with Gasteiger partial charge in [-0.25, -0.2) is 4.98 Å². The highest BCUT2D eigenvalue weighted by molar-refractivity contribution is 6.00. The molecule has 0 aromatic carbocycles. The van der Waals surface area contributed by atoms with E-state index in [1.807, 2.05) is 0 Å². The molecular formula is C28H45N3. The van der Waals surface area contributed by atoms with Crippen LogP contribution in [0.3, 0.4) is 0 Å². The van der Waals surface area contributed by atoms with Gasteiger partial charge in [0.1, 0.15) is 0 Å². The third kappa shape index (κ3) is 6.49. The molecule has 1 aromatic heterocycles. The van der Waals surface area contributed by atoms with Gasteiger partial charge in [-0.05, 0) is 81.3 Å². The van der Waals surface area contributed by atoms with Gasteiger partial charge in [-0.1, -0.05) is 59.4 Å². The van der Waals surface area contributed by atoms with Gasteiger partial charge in [0, 0.05) is 6.54 Å². The Morgan fingerprint density at radius 2 is 1.42 bits per heavy atom. The molecule has 0 amide bonds. The summed E-state index contributed by atoms with van der Waals surface area (Å²) in [6.07, 6.45) is 10.8. The number of aromatic nitrogens is 1. The molecule has 2 aliphatic carbocycles. The van der Waals surface area contributed by atoms with Crippen molar-refractivity contribution in [2.45, 2.75) is 99.0 Å². The van der Waals surface area contributed by atoms with Gasteiger partial charge >= 0.3 is 0 Å². The first-order valence-corrected chi connectivity index (χ1v) is 12.9. The lowest BCUT2D eigenvalue weighted by Crippen LogP contribution is -2.38. The number of hydrogen-bond donors (Lipinski definition) is 0. The molecule has 0 saturated heterocycles. The monoisotopic (exact) mass is 423 g/mol. The van der Waals surface area contributed by atoms with E-state index in [0.717, 1.165) is 35.3 Å². The second-order valence-electron chi connectivity index (χ2n) is 10.8. The summed E-state index contributed by atoms with van der Waals surface area (Å²) in [5.74, 6) is 3.48. The molecule has 2 aliphatic rings. The first kappa shape index (κ1) is 24.1. The average Bonchev–Trinajstić information content (AvgIpc) is 2.78. The van der Waals surface area contributed by atoms with Crippen molar-refractivity contribution in [3.05, 3.63) is 29.6 Å². The zero-order valence-corrected chi connectivity index (χ0v) is 20.9. The maximum atomic E-state index is 5.35. The Labute approximate surface area is 191 Å². The van der Waals surface area contributed by atoms with Gasteiger partial charge in [0.25, 0.3) is 0 Å². The Hall–Kier alpha value is -1.51. The molecule has 0 spiro atoms. The molecule has 2 unspecified atom stereocenters. The molecule has 172 valence electrons. The van der Waals surface area contributed by atoms with Gasteiger partial charge in [-0.3, -0.25) is 9.98 Å². The van der Waals surface area contributed by atoms with Gasteiger partial charge in [-0.15, -0.1) is 0 Å². The summed E-state index contributed by atoms with van der Waals surface area (Å²) in [4.78, 5) is 15.2. The van der Waals surface area contributed by atoms with Crippen LogP contribution in [0.5, 0.6) is 0 Å². The summed E-state index contributed by atoms with van der Waals surface area (Å²) in [7, 11) is 0. The maximum Gasteiger partial charge on any atom is 0.0845 e. The van der Waals surface area contributed by atoms with Gasteiger partial charge in [0.2, 0.25) is 0 Å². The fraction of sp³-hybridized carbons (Fsp3) is 0.750. The fourth-order valence-corrected chi connectivity index (χ4v) is 5.74. The van der Waals surface area contributed by atoms with Crippen LogP contribution in [-0.2, 0) is 0 Å². The van der Waals surface area contributed by atoms with E-state index < -0.39 is 0 Å². The molecule has 3 nitrogen and oxygen atoms in total. The van der Waals surface area contributed by atoms with Crippen LogP contribution in [0.15, 0.2) is 28.2 Å². The molecular weight excluding hydrogens is 378 g/mol. The van der Waals surface area contributed by atoms with E-state index in [2.05, 4.69) is 59.7 Å². The lowest BCUT2D eigenvalue weighted by atomic mass is 9.69. The first-order chi connectivity index (χ1) is 14.9. The molecule has 3 rings (SSSR count). The molecule has 2 saturated carbocycles. The first-order valence-electron chi connectivity index (χ1n) is 12.9. The SMILES string of the molecule is C/C(=N\CC1CCCCC1)c1cccc(/C(C)=N/C2C(C(C)C)CCCC2C(C)C)n1. The van der Waals surface area contributed by atoms with Crippen molar-refractivity contribution >= 4 is 11.4 Å². The lowest BCUT2D eigenvalue weighted by Gasteiger charge is -2.40. The van der Waals surface area contributed by atoms with E-state index >= 15 is 0 Å². The number of rotatable bonds is 7. The van der Waals surface area contributed by atoms with Crippen LogP contribution in [0, 0.1) is 29.6 Å². The van der Waals surface area contributed by atoms with Crippen molar-refractivity contribution in [2.75, 3.05) is 6.54 Å². The van der Waals surface area contributed by atoms with E-state index in [4.69, 9.17) is 15.0 Å². The van der Waals surface area contributed by atoms with Crippen molar-refractivity contribution in [1.29, 1.82) is 0 Å². The predicted molar refractivity (Wildman–Crippen MR) is 134 cm³/mol. The number of nitrogens with zero attached hydrogens (tertiary/aromatic N) is 3. The molecule has 1 aromatic rings. The van der Waals surface area contributed by atoms with Crippen molar-refractivity contribution < 1.29 is 0 Å².